The smallest absolute Gasteiger partial charge is 0.312 e. The van der Waals surface area contributed by atoms with Crippen molar-refractivity contribution in [3.05, 3.63) is 27.9 Å². The van der Waals surface area contributed by atoms with Crippen LogP contribution in [-0.4, -0.2) is 35.9 Å². The molecule has 1 aromatic rings. The van der Waals surface area contributed by atoms with E-state index in [0.29, 0.717) is 0 Å². The van der Waals surface area contributed by atoms with Gasteiger partial charge in [-0.2, -0.15) is 5.26 Å². The highest BCUT2D eigenvalue weighted by atomic mass is 32.2. The monoisotopic (exact) mass is 298 g/mol. The Morgan fingerprint density at radius 3 is 2.60 bits per heavy atom. The Morgan fingerprint density at radius 2 is 2.15 bits per heavy atom. The molecule has 0 fully saturated rings. The lowest BCUT2D eigenvalue weighted by molar-refractivity contribution is -0.384. The van der Waals surface area contributed by atoms with E-state index in [-0.39, 0.29) is 23.6 Å². The first-order valence-electron chi connectivity index (χ1n) is 5.56. The molecular formula is C11H14N4O4S. The predicted molar refractivity (Wildman–Crippen MR) is 73.0 cm³/mol. The van der Waals surface area contributed by atoms with Crippen molar-refractivity contribution in [1.82, 2.24) is 4.98 Å². The number of hydrogen-bond donors (Lipinski definition) is 1. The van der Waals surface area contributed by atoms with Gasteiger partial charge in [-0.05, 0) is 13.8 Å². The molecule has 108 valence electrons. The number of aromatic nitrogens is 1. The first kappa shape index (κ1) is 15.8. The van der Waals surface area contributed by atoms with E-state index in [1.165, 1.54) is 20.0 Å². The predicted octanol–water partition coefficient (Wildman–Crippen LogP) is 1.10. The number of hydrogen-bond acceptors (Lipinski definition) is 7. The Balaban J connectivity index is 3.06. The van der Waals surface area contributed by atoms with Gasteiger partial charge in [0.25, 0.3) is 0 Å². The van der Waals surface area contributed by atoms with Crippen LogP contribution in [0, 0.1) is 21.4 Å². The third kappa shape index (κ3) is 3.42. The molecule has 0 aromatic carbocycles. The molecule has 0 aliphatic carbocycles. The summed E-state index contributed by atoms with van der Waals surface area (Å²) in [5, 5.41) is 22.2. The van der Waals surface area contributed by atoms with E-state index in [1.807, 2.05) is 0 Å². The molecule has 1 rings (SSSR count). The second-order valence-electron chi connectivity index (χ2n) is 4.85. The average Bonchev–Trinajstić information content (AvgIpc) is 2.34. The zero-order chi connectivity index (χ0) is 15.6. The Hall–Kier alpha value is -2.21. The second kappa shape index (κ2) is 5.42. The quantitative estimate of drug-likeness (QED) is 0.637. The van der Waals surface area contributed by atoms with E-state index in [9.17, 15) is 18.5 Å². The minimum absolute atomic E-state index is 0.0361. The Bertz CT molecular complexity index is 676. The molecule has 8 nitrogen and oxygen atoms in total. The van der Waals surface area contributed by atoms with Crippen LogP contribution < -0.4 is 5.32 Å². The lowest BCUT2D eigenvalue weighted by Crippen LogP contribution is -2.38. The highest BCUT2D eigenvalue weighted by molar-refractivity contribution is 7.92. The van der Waals surface area contributed by atoms with Crippen LogP contribution in [0.4, 0.5) is 11.5 Å². The van der Waals surface area contributed by atoms with Crippen molar-refractivity contribution in [2.24, 2.45) is 0 Å². The van der Waals surface area contributed by atoms with Crippen molar-refractivity contribution in [3.63, 3.8) is 0 Å². The summed E-state index contributed by atoms with van der Waals surface area (Å²) in [6.45, 7) is 2.97. The summed E-state index contributed by atoms with van der Waals surface area (Å²) in [5.74, 6) is -0.0641. The van der Waals surface area contributed by atoms with Gasteiger partial charge in [-0.3, -0.25) is 10.1 Å². The van der Waals surface area contributed by atoms with Crippen molar-refractivity contribution in [1.29, 1.82) is 5.26 Å². The van der Waals surface area contributed by atoms with Crippen LogP contribution in [0.15, 0.2) is 12.3 Å². The summed E-state index contributed by atoms with van der Waals surface area (Å²) >= 11 is 0. The number of nitriles is 1. The first-order valence-corrected chi connectivity index (χ1v) is 7.45. The van der Waals surface area contributed by atoms with Gasteiger partial charge in [0.2, 0.25) is 5.82 Å². The fourth-order valence-corrected chi connectivity index (χ4v) is 1.55. The van der Waals surface area contributed by atoms with E-state index >= 15 is 0 Å². The number of nitrogens with zero attached hydrogens (tertiary/aromatic N) is 3. The van der Waals surface area contributed by atoms with Gasteiger partial charge in [-0.15, -0.1) is 0 Å². The molecule has 0 atom stereocenters. The molecule has 20 heavy (non-hydrogen) atoms. The fraction of sp³-hybridized carbons (Fsp3) is 0.455. The normalized spacial score (nSPS) is 11.7. The standard InChI is InChI=1S/C11H14N4O4S/c1-11(2,20(3,18)19)7-14-10-9(15(16)17)4-8(5-12)6-13-10/h4,6H,7H2,1-3H3,(H,13,14). The molecular weight excluding hydrogens is 284 g/mol. The number of pyridine rings is 1. The van der Waals surface area contributed by atoms with Crippen LogP contribution in [0.5, 0.6) is 0 Å². The van der Waals surface area contributed by atoms with Crippen LogP contribution in [0.25, 0.3) is 0 Å². The van der Waals surface area contributed by atoms with Gasteiger partial charge >= 0.3 is 5.69 Å². The van der Waals surface area contributed by atoms with Crippen LogP contribution in [0.3, 0.4) is 0 Å². The average molecular weight is 298 g/mol. The zero-order valence-electron chi connectivity index (χ0n) is 11.2. The van der Waals surface area contributed by atoms with Crippen molar-refractivity contribution in [3.8, 4) is 6.07 Å². The van der Waals surface area contributed by atoms with Crippen molar-refractivity contribution in [2.75, 3.05) is 18.1 Å². The maximum atomic E-state index is 11.6. The SMILES string of the molecule is CC(C)(CNc1ncc(C#N)cc1[N+](=O)[O-])S(C)(=O)=O. The third-order valence-electron chi connectivity index (χ3n) is 2.88. The first-order chi connectivity index (χ1) is 9.08. The molecule has 1 aromatic heterocycles. The summed E-state index contributed by atoms with van der Waals surface area (Å²) in [5.41, 5.74) is -0.307. The molecule has 0 bridgehead atoms. The lowest BCUT2D eigenvalue weighted by Gasteiger charge is -2.22. The minimum atomic E-state index is -3.33. The minimum Gasteiger partial charge on any atom is -0.363 e. The largest absolute Gasteiger partial charge is 0.363 e. The summed E-state index contributed by atoms with van der Waals surface area (Å²) in [7, 11) is -3.33. The number of sulfone groups is 1. The molecule has 0 spiro atoms. The van der Waals surface area contributed by atoms with Crippen LogP contribution >= 0.6 is 0 Å². The molecule has 0 radical (unpaired) electrons. The number of nitro groups is 1. The topological polar surface area (TPSA) is 126 Å². The highest BCUT2D eigenvalue weighted by Gasteiger charge is 2.31. The van der Waals surface area contributed by atoms with Gasteiger partial charge < -0.3 is 5.32 Å². The molecule has 0 aliphatic heterocycles. The number of anilines is 1. The Kier molecular flexibility index (Phi) is 4.29. The number of nitrogens with one attached hydrogen (secondary N) is 1. The van der Waals surface area contributed by atoms with E-state index in [2.05, 4.69) is 10.3 Å². The molecule has 9 heteroatoms. The van der Waals surface area contributed by atoms with E-state index in [4.69, 9.17) is 5.26 Å². The van der Waals surface area contributed by atoms with Crippen LogP contribution in [0.1, 0.15) is 19.4 Å². The van der Waals surface area contributed by atoms with Crippen molar-refractivity contribution < 1.29 is 13.3 Å². The van der Waals surface area contributed by atoms with Crippen LogP contribution in [0.2, 0.25) is 0 Å². The third-order valence-corrected chi connectivity index (χ3v) is 5.03. The second-order valence-corrected chi connectivity index (χ2v) is 7.50. The fourth-order valence-electron chi connectivity index (χ4n) is 1.22. The summed E-state index contributed by atoms with van der Waals surface area (Å²) in [6.07, 6.45) is 2.28. The molecule has 0 aliphatic rings. The van der Waals surface area contributed by atoms with Gasteiger partial charge in [-0.1, -0.05) is 0 Å². The van der Waals surface area contributed by atoms with Gasteiger partial charge in [0, 0.05) is 25.1 Å². The van der Waals surface area contributed by atoms with Crippen molar-refractivity contribution in [2.45, 2.75) is 18.6 Å². The van der Waals surface area contributed by atoms with Crippen molar-refractivity contribution >= 4 is 21.3 Å². The number of rotatable bonds is 5. The van der Waals surface area contributed by atoms with Gasteiger partial charge in [0.1, 0.15) is 6.07 Å². The van der Waals surface area contributed by atoms with Gasteiger partial charge in [0.05, 0.1) is 15.2 Å². The van der Waals surface area contributed by atoms with E-state index in [1.54, 1.807) is 6.07 Å². The Morgan fingerprint density at radius 1 is 1.55 bits per heavy atom. The molecule has 1 heterocycles. The summed E-state index contributed by atoms with van der Waals surface area (Å²) in [4.78, 5) is 14.0. The summed E-state index contributed by atoms with van der Waals surface area (Å²) < 4.78 is 22.0. The zero-order valence-corrected chi connectivity index (χ0v) is 12.1. The molecule has 0 unspecified atom stereocenters. The van der Waals surface area contributed by atoms with E-state index in [0.717, 1.165) is 12.3 Å². The molecule has 1 N–H and O–H groups in total. The van der Waals surface area contributed by atoms with Gasteiger partial charge in [0.15, 0.2) is 9.84 Å². The summed E-state index contributed by atoms with van der Waals surface area (Å²) in [6, 6.07) is 2.84. The lowest BCUT2D eigenvalue weighted by atomic mass is 10.2. The maximum absolute atomic E-state index is 11.6. The van der Waals surface area contributed by atoms with E-state index < -0.39 is 19.5 Å². The molecule has 0 saturated heterocycles. The van der Waals surface area contributed by atoms with Crippen LogP contribution in [-0.2, 0) is 9.84 Å². The Labute approximate surface area is 116 Å². The maximum Gasteiger partial charge on any atom is 0.312 e. The highest BCUT2D eigenvalue weighted by Crippen LogP contribution is 2.24. The molecule has 0 amide bonds. The van der Waals surface area contributed by atoms with Gasteiger partial charge in [-0.25, -0.2) is 13.4 Å². The molecule has 0 saturated carbocycles.